The number of alkyl halides is 3. The quantitative estimate of drug-likeness (QED) is 0.708. The molecule has 0 aliphatic carbocycles. The van der Waals surface area contributed by atoms with Gasteiger partial charge in [0.15, 0.2) is 0 Å². The van der Waals surface area contributed by atoms with Gasteiger partial charge in [0.05, 0.1) is 5.56 Å². The molecular weight excluding hydrogens is 395 g/mol. The summed E-state index contributed by atoms with van der Waals surface area (Å²) in [5, 5.41) is 0. The summed E-state index contributed by atoms with van der Waals surface area (Å²) in [6, 6.07) is 1.58. The highest BCUT2D eigenvalue weighted by atomic mass is 79.9. The van der Waals surface area contributed by atoms with Gasteiger partial charge < -0.3 is 9.64 Å². The van der Waals surface area contributed by atoms with Gasteiger partial charge in [-0.1, -0.05) is 0 Å². The van der Waals surface area contributed by atoms with Crippen LogP contribution in [0.15, 0.2) is 22.9 Å². The van der Waals surface area contributed by atoms with Gasteiger partial charge in [-0.3, -0.25) is 14.7 Å². The average Bonchev–Trinajstić information content (AvgIpc) is 2.54. The van der Waals surface area contributed by atoms with Crippen molar-refractivity contribution in [1.82, 2.24) is 14.8 Å². The van der Waals surface area contributed by atoms with E-state index in [1.54, 1.807) is 12.3 Å². The number of aromatic nitrogens is 1. The third kappa shape index (κ3) is 5.17. The van der Waals surface area contributed by atoms with Crippen molar-refractivity contribution in [1.29, 1.82) is 0 Å². The van der Waals surface area contributed by atoms with Gasteiger partial charge >= 0.3 is 18.1 Å². The van der Waals surface area contributed by atoms with E-state index in [2.05, 4.69) is 20.9 Å². The second-order valence-corrected chi connectivity index (χ2v) is 6.08. The van der Waals surface area contributed by atoms with Crippen LogP contribution in [0.3, 0.4) is 0 Å². The van der Waals surface area contributed by atoms with Crippen molar-refractivity contribution in [2.45, 2.75) is 6.18 Å². The lowest BCUT2D eigenvalue weighted by atomic mass is 10.3. The molecule has 24 heavy (non-hydrogen) atoms. The number of ether oxygens (including phenoxy) is 1. The molecule has 1 fully saturated rings. The zero-order chi connectivity index (χ0) is 17.7. The van der Waals surface area contributed by atoms with Crippen LogP contribution in [0.1, 0.15) is 10.4 Å². The summed E-state index contributed by atoms with van der Waals surface area (Å²) < 4.78 is 42.8. The number of halogens is 4. The molecule has 0 unspecified atom stereocenters. The molecule has 0 saturated carbocycles. The number of hydrogen-bond acceptors (Lipinski definition) is 5. The molecule has 0 atom stereocenters. The topological polar surface area (TPSA) is 62.7 Å². The Labute approximate surface area is 144 Å². The van der Waals surface area contributed by atoms with Crippen molar-refractivity contribution in [3.63, 3.8) is 0 Å². The predicted octanol–water partition coefficient (Wildman–Crippen LogP) is 1.71. The first-order valence-electron chi connectivity index (χ1n) is 7.13. The third-order valence-corrected chi connectivity index (χ3v) is 3.92. The van der Waals surface area contributed by atoms with E-state index in [4.69, 9.17) is 4.74 Å². The SMILES string of the molecule is O=C(OCCN1CCN(C(=O)C(F)(F)F)CC1)c1cncc(Br)c1. The minimum atomic E-state index is -4.84. The van der Waals surface area contributed by atoms with Crippen LogP contribution < -0.4 is 0 Å². The first-order valence-corrected chi connectivity index (χ1v) is 7.93. The Morgan fingerprint density at radius 1 is 1.21 bits per heavy atom. The number of nitrogens with zero attached hydrogens (tertiary/aromatic N) is 3. The van der Waals surface area contributed by atoms with E-state index in [1.807, 2.05) is 4.90 Å². The molecule has 0 bridgehead atoms. The molecule has 1 aliphatic rings. The van der Waals surface area contributed by atoms with Crippen LogP contribution in [0, 0.1) is 0 Å². The minimum absolute atomic E-state index is 0.00183. The second kappa shape index (κ2) is 7.93. The summed E-state index contributed by atoms with van der Waals surface area (Å²) in [7, 11) is 0. The Hall–Kier alpha value is -1.68. The molecule has 0 radical (unpaired) electrons. The highest BCUT2D eigenvalue weighted by Gasteiger charge is 2.43. The Kier molecular flexibility index (Phi) is 6.16. The summed E-state index contributed by atoms with van der Waals surface area (Å²) in [6.07, 6.45) is -1.91. The van der Waals surface area contributed by atoms with E-state index in [-0.39, 0.29) is 19.7 Å². The Bertz CT molecular complexity index is 604. The van der Waals surface area contributed by atoms with E-state index in [0.717, 1.165) is 4.90 Å². The largest absolute Gasteiger partial charge is 0.471 e. The lowest BCUT2D eigenvalue weighted by Gasteiger charge is -2.34. The highest BCUT2D eigenvalue weighted by molar-refractivity contribution is 9.10. The zero-order valence-electron chi connectivity index (χ0n) is 12.6. The molecule has 0 spiro atoms. The number of hydrogen-bond donors (Lipinski definition) is 0. The van der Waals surface area contributed by atoms with Gasteiger partial charge in [0.2, 0.25) is 0 Å². The smallest absolute Gasteiger partial charge is 0.461 e. The maximum absolute atomic E-state index is 12.3. The Morgan fingerprint density at radius 3 is 2.46 bits per heavy atom. The highest BCUT2D eigenvalue weighted by Crippen LogP contribution is 2.19. The molecule has 2 rings (SSSR count). The molecule has 1 saturated heterocycles. The Balaban J connectivity index is 1.71. The van der Waals surface area contributed by atoms with Crippen molar-refractivity contribution in [3.8, 4) is 0 Å². The van der Waals surface area contributed by atoms with Gasteiger partial charge in [-0.05, 0) is 22.0 Å². The van der Waals surface area contributed by atoms with Crippen molar-refractivity contribution >= 4 is 27.8 Å². The number of amides is 1. The van der Waals surface area contributed by atoms with Crippen LogP contribution in [0.25, 0.3) is 0 Å². The standard InChI is InChI=1S/C14H15BrF3N3O3/c15-11-7-10(8-19-9-11)12(22)24-6-5-20-1-3-21(4-2-20)13(23)14(16,17)18/h7-9H,1-6H2. The van der Waals surface area contributed by atoms with Crippen molar-refractivity contribution in [2.75, 3.05) is 39.3 Å². The molecule has 1 aromatic heterocycles. The second-order valence-electron chi connectivity index (χ2n) is 5.16. The van der Waals surface area contributed by atoms with Gasteiger partial charge in [0.25, 0.3) is 0 Å². The van der Waals surface area contributed by atoms with Gasteiger partial charge in [-0.2, -0.15) is 13.2 Å². The van der Waals surface area contributed by atoms with Crippen molar-refractivity contribution < 1.29 is 27.5 Å². The monoisotopic (exact) mass is 409 g/mol. The molecule has 6 nitrogen and oxygen atoms in total. The maximum Gasteiger partial charge on any atom is 0.471 e. The van der Waals surface area contributed by atoms with E-state index < -0.39 is 18.1 Å². The molecule has 1 aromatic rings. The average molecular weight is 410 g/mol. The van der Waals surface area contributed by atoms with Crippen molar-refractivity contribution in [3.05, 3.63) is 28.5 Å². The lowest BCUT2D eigenvalue weighted by molar-refractivity contribution is -0.187. The molecule has 0 aromatic carbocycles. The summed E-state index contributed by atoms with van der Waals surface area (Å²) in [6.45, 7) is 1.11. The van der Waals surface area contributed by atoms with Crippen LogP contribution in [0.5, 0.6) is 0 Å². The van der Waals surface area contributed by atoms with Gasteiger partial charge in [0, 0.05) is 49.6 Å². The van der Waals surface area contributed by atoms with Crippen LogP contribution in [0.4, 0.5) is 13.2 Å². The number of piperazine rings is 1. The number of carbonyl (C=O) groups is 2. The van der Waals surface area contributed by atoms with E-state index in [0.29, 0.717) is 29.7 Å². The van der Waals surface area contributed by atoms with Gasteiger partial charge in [0.1, 0.15) is 6.61 Å². The lowest BCUT2D eigenvalue weighted by Crippen LogP contribution is -2.52. The van der Waals surface area contributed by atoms with Gasteiger partial charge in [-0.25, -0.2) is 4.79 Å². The molecular formula is C14H15BrF3N3O3. The summed E-state index contributed by atoms with van der Waals surface area (Å²) in [5.41, 5.74) is 0.310. The van der Waals surface area contributed by atoms with E-state index >= 15 is 0 Å². The Morgan fingerprint density at radius 2 is 1.88 bits per heavy atom. The zero-order valence-corrected chi connectivity index (χ0v) is 14.1. The number of esters is 1. The fourth-order valence-electron chi connectivity index (χ4n) is 2.23. The fraction of sp³-hybridized carbons (Fsp3) is 0.500. The molecule has 2 heterocycles. The van der Waals surface area contributed by atoms with Crippen molar-refractivity contribution in [2.24, 2.45) is 0 Å². The molecule has 1 aliphatic heterocycles. The normalized spacial score (nSPS) is 16.1. The minimum Gasteiger partial charge on any atom is -0.461 e. The van der Waals surface area contributed by atoms with E-state index in [1.165, 1.54) is 6.20 Å². The third-order valence-electron chi connectivity index (χ3n) is 3.48. The van der Waals surface area contributed by atoms with Gasteiger partial charge in [-0.15, -0.1) is 0 Å². The number of pyridine rings is 1. The summed E-state index contributed by atoms with van der Waals surface area (Å²) in [4.78, 5) is 29.4. The fourth-order valence-corrected chi connectivity index (χ4v) is 2.59. The first-order chi connectivity index (χ1) is 11.3. The summed E-state index contributed by atoms with van der Waals surface area (Å²) >= 11 is 3.20. The predicted molar refractivity (Wildman–Crippen MR) is 81.3 cm³/mol. The molecule has 132 valence electrons. The molecule has 10 heteroatoms. The maximum atomic E-state index is 12.3. The molecule has 0 N–H and O–H groups in total. The summed E-state index contributed by atoms with van der Waals surface area (Å²) in [5.74, 6) is -2.33. The van der Waals surface area contributed by atoms with E-state index in [9.17, 15) is 22.8 Å². The van der Waals surface area contributed by atoms with Crippen LogP contribution in [0.2, 0.25) is 0 Å². The van der Waals surface area contributed by atoms with Crippen LogP contribution in [-0.4, -0.2) is 72.2 Å². The van der Waals surface area contributed by atoms with Crippen LogP contribution in [-0.2, 0) is 9.53 Å². The molecule has 1 amide bonds. The first kappa shape index (κ1) is 18.7. The number of rotatable bonds is 4. The van der Waals surface area contributed by atoms with Crippen LogP contribution >= 0.6 is 15.9 Å². The number of carbonyl (C=O) groups excluding carboxylic acids is 2.